The Bertz CT molecular complexity index is 3770. The Labute approximate surface area is 350 Å². The van der Waals surface area contributed by atoms with Crippen LogP contribution in [0, 0.1) is 0 Å². The van der Waals surface area contributed by atoms with Gasteiger partial charge < -0.3 is 4.42 Å². The molecule has 60 heavy (non-hydrogen) atoms. The van der Waals surface area contributed by atoms with Crippen molar-refractivity contribution in [3.63, 3.8) is 0 Å². The molecule has 12 aromatic rings. The summed E-state index contributed by atoms with van der Waals surface area (Å²) in [5, 5.41) is 15.2. The second-order valence-corrected chi connectivity index (χ2v) is 17.2. The fourth-order valence-electron chi connectivity index (χ4n) is 10.5. The third-order valence-corrected chi connectivity index (χ3v) is 14.2. The van der Waals surface area contributed by atoms with Crippen molar-refractivity contribution < 1.29 is 4.42 Å². The highest BCUT2D eigenvalue weighted by Crippen LogP contribution is 2.48. The maximum absolute atomic E-state index is 6.90. The first kappa shape index (κ1) is 33.7. The Morgan fingerprint density at radius 1 is 0.383 bits per heavy atom. The maximum Gasteiger partial charge on any atom is 0.136 e. The summed E-state index contributed by atoms with van der Waals surface area (Å²) in [6.45, 7) is 0. The summed E-state index contributed by atoms with van der Waals surface area (Å²) >= 11 is 1.94. The molecule has 0 bridgehead atoms. The molecule has 1 nitrogen and oxygen atoms in total. The van der Waals surface area contributed by atoms with Crippen LogP contribution in [0.15, 0.2) is 192 Å². The number of benzene rings is 10. The van der Waals surface area contributed by atoms with Gasteiger partial charge in [0.15, 0.2) is 0 Å². The molecule has 0 aliphatic heterocycles. The molecule has 0 saturated carbocycles. The molecule has 1 aliphatic carbocycles. The van der Waals surface area contributed by atoms with Gasteiger partial charge in [0.05, 0.1) is 0 Å². The SMILES string of the molecule is C1=c2c(sc3ccccc23)=C(c2c3ccccc3c(-c3cccc4oc5cc(-c6c7ccccc7c(-c7ccccc7)c7ccccc67)ccc5c34)c3ccccc23)CC1. The fourth-order valence-corrected chi connectivity index (χ4v) is 11.8. The summed E-state index contributed by atoms with van der Waals surface area (Å²) in [6.07, 6.45) is 4.52. The van der Waals surface area contributed by atoms with Gasteiger partial charge in [0, 0.05) is 20.0 Å². The predicted octanol–water partition coefficient (Wildman–Crippen LogP) is 15.2. The van der Waals surface area contributed by atoms with Crippen molar-refractivity contribution in [1.29, 1.82) is 0 Å². The lowest BCUT2D eigenvalue weighted by atomic mass is 9.83. The first-order valence-electron chi connectivity index (χ1n) is 20.9. The number of hydrogen-bond acceptors (Lipinski definition) is 2. The zero-order chi connectivity index (χ0) is 39.3. The Kier molecular flexibility index (Phi) is 7.37. The second-order valence-electron chi connectivity index (χ2n) is 16.1. The van der Waals surface area contributed by atoms with Gasteiger partial charge in [-0.25, -0.2) is 0 Å². The lowest BCUT2D eigenvalue weighted by Crippen LogP contribution is -2.25. The van der Waals surface area contributed by atoms with Crippen molar-refractivity contribution in [2.24, 2.45) is 0 Å². The highest BCUT2D eigenvalue weighted by molar-refractivity contribution is 7.17. The van der Waals surface area contributed by atoms with Crippen molar-refractivity contribution in [2.45, 2.75) is 12.8 Å². The molecule has 2 aromatic heterocycles. The molecule has 0 amide bonds. The van der Waals surface area contributed by atoms with E-state index in [1.165, 1.54) is 102 Å². The number of hydrogen-bond donors (Lipinski definition) is 0. The van der Waals surface area contributed by atoms with Crippen LogP contribution in [0.4, 0.5) is 0 Å². The number of fused-ring (bicyclic) bond motifs is 10. The van der Waals surface area contributed by atoms with Crippen molar-refractivity contribution in [3.8, 4) is 33.4 Å². The van der Waals surface area contributed by atoms with E-state index >= 15 is 0 Å². The smallest absolute Gasteiger partial charge is 0.136 e. The third kappa shape index (κ3) is 4.86. The van der Waals surface area contributed by atoms with Crippen LogP contribution in [-0.2, 0) is 0 Å². The molecule has 0 spiro atoms. The van der Waals surface area contributed by atoms with Gasteiger partial charge in [-0.05, 0) is 135 Å². The minimum atomic E-state index is 0.895. The molecule has 2 heteroatoms. The van der Waals surface area contributed by atoms with E-state index in [0.717, 1.165) is 40.3 Å². The lowest BCUT2D eigenvalue weighted by Gasteiger charge is -2.20. The first-order valence-corrected chi connectivity index (χ1v) is 21.7. The number of thiophene rings is 1. The van der Waals surface area contributed by atoms with E-state index in [4.69, 9.17) is 4.42 Å². The van der Waals surface area contributed by atoms with Gasteiger partial charge in [-0.2, -0.15) is 0 Å². The third-order valence-electron chi connectivity index (χ3n) is 12.9. The van der Waals surface area contributed by atoms with Crippen LogP contribution in [0.2, 0.25) is 0 Å². The van der Waals surface area contributed by atoms with E-state index in [2.05, 4.69) is 194 Å². The number of rotatable bonds is 4. The molecule has 0 fully saturated rings. The molecule has 0 saturated heterocycles. The molecular formula is C58H36OS. The van der Waals surface area contributed by atoms with Crippen molar-refractivity contribution in [2.75, 3.05) is 0 Å². The van der Waals surface area contributed by atoms with Crippen molar-refractivity contribution in [3.05, 3.63) is 203 Å². The molecule has 280 valence electrons. The van der Waals surface area contributed by atoms with Gasteiger partial charge in [-0.1, -0.05) is 170 Å². The molecule has 0 atom stereocenters. The van der Waals surface area contributed by atoms with Crippen LogP contribution in [0.25, 0.3) is 120 Å². The average molecular weight is 781 g/mol. The molecule has 0 unspecified atom stereocenters. The van der Waals surface area contributed by atoms with Crippen LogP contribution in [0.5, 0.6) is 0 Å². The summed E-state index contributed by atoms with van der Waals surface area (Å²) in [6, 6.07) is 69.1. The lowest BCUT2D eigenvalue weighted by molar-refractivity contribution is 0.669. The molecule has 10 aromatic carbocycles. The minimum Gasteiger partial charge on any atom is -0.456 e. The van der Waals surface area contributed by atoms with Gasteiger partial charge in [0.2, 0.25) is 0 Å². The molecule has 2 heterocycles. The van der Waals surface area contributed by atoms with Crippen LogP contribution in [0.3, 0.4) is 0 Å². The Morgan fingerprint density at radius 3 is 1.55 bits per heavy atom. The topological polar surface area (TPSA) is 13.1 Å². The zero-order valence-corrected chi connectivity index (χ0v) is 33.5. The van der Waals surface area contributed by atoms with Crippen LogP contribution in [0.1, 0.15) is 18.4 Å². The summed E-state index contributed by atoms with van der Waals surface area (Å²) in [7, 11) is 0. The van der Waals surface area contributed by atoms with E-state index in [9.17, 15) is 0 Å². The summed E-state index contributed by atoms with van der Waals surface area (Å²) in [5.74, 6) is 0. The maximum atomic E-state index is 6.90. The standard InChI is InChI=1S/C58H36OS/c1-2-16-35(17-3-1)53-38-19-4-6-21-40(38)54(41-22-7-5-20-39(41)53)36-32-33-47-51(34-36)59-50-30-15-28-48(57(47)50)55-42-23-8-10-25-44(42)56(45-26-11-9-24-43(45)55)49-29-14-27-46-37-18-12-13-31-52(37)60-58(46)49/h1-13,15-28,30-34H,14,29H2. The van der Waals surface area contributed by atoms with E-state index < -0.39 is 0 Å². The second kappa shape index (κ2) is 13.1. The summed E-state index contributed by atoms with van der Waals surface area (Å²) < 4.78 is 9.67. The Balaban J connectivity index is 1.06. The quantitative estimate of drug-likeness (QED) is 0.162. The van der Waals surface area contributed by atoms with Crippen molar-refractivity contribution >= 4 is 98.1 Å². The molecule has 0 N–H and O–H groups in total. The predicted molar refractivity (Wildman–Crippen MR) is 257 cm³/mol. The van der Waals surface area contributed by atoms with Gasteiger partial charge in [0.1, 0.15) is 11.2 Å². The summed E-state index contributed by atoms with van der Waals surface area (Å²) in [5.41, 5.74) is 12.0. The number of furan rings is 1. The molecule has 13 rings (SSSR count). The first-order chi connectivity index (χ1) is 29.8. The fraction of sp³-hybridized carbons (Fsp3) is 0.0345. The largest absolute Gasteiger partial charge is 0.456 e. The Hall–Kier alpha value is -7.26. The van der Waals surface area contributed by atoms with E-state index in [-0.39, 0.29) is 0 Å². The van der Waals surface area contributed by atoms with E-state index in [1.807, 2.05) is 11.3 Å². The van der Waals surface area contributed by atoms with Crippen LogP contribution >= 0.6 is 11.3 Å². The van der Waals surface area contributed by atoms with Gasteiger partial charge >= 0.3 is 0 Å². The average Bonchev–Trinajstić information content (AvgIpc) is 3.89. The summed E-state index contributed by atoms with van der Waals surface area (Å²) in [4.78, 5) is 0. The molecular weight excluding hydrogens is 745 g/mol. The zero-order valence-electron chi connectivity index (χ0n) is 32.7. The Morgan fingerprint density at radius 2 is 0.917 bits per heavy atom. The van der Waals surface area contributed by atoms with E-state index in [0.29, 0.717) is 0 Å². The van der Waals surface area contributed by atoms with Crippen LogP contribution in [-0.4, -0.2) is 0 Å². The molecule has 1 aliphatic rings. The highest BCUT2D eigenvalue weighted by atomic mass is 32.1. The highest BCUT2D eigenvalue weighted by Gasteiger charge is 2.24. The monoisotopic (exact) mass is 780 g/mol. The van der Waals surface area contributed by atoms with Crippen molar-refractivity contribution in [1.82, 2.24) is 0 Å². The van der Waals surface area contributed by atoms with Crippen LogP contribution < -0.4 is 9.75 Å². The van der Waals surface area contributed by atoms with E-state index in [1.54, 1.807) is 0 Å². The normalized spacial score (nSPS) is 13.0. The van der Waals surface area contributed by atoms with Gasteiger partial charge in [-0.15, -0.1) is 11.3 Å². The van der Waals surface area contributed by atoms with Gasteiger partial charge in [-0.3, -0.25) is 0 Å². The van der Waals surface area contributed by atoms with Gasteiger partial charge in [0.25, 0.3) is 0 Å². The minimum absolute atomic E-state index is 0.895. The molecule has 0 radical (unpaired) electrons.